The fourth-order valence-electron chi connectivity index (χ4n) is 2.66. The maximum absolute atomic E-state index is 6.39. The molecular weight excluding hydrogens is 331 g/mol. The topological polar surface area (TPSA) is 27.1 Å². The highest BCUT2D eigenvalue weighted by Gasteiger charge is 2.15. The lowest BCUT2D eigenvalue weighted by Gasteiger charge is -2.10. The molecule has 0 bridgehead atoms. The second-order valence-corrected chi connectivity index (χ2v) is 6.26. The maximum Gasteiger partial charge on any atom is 0.142 e. The summed E-state index contributed by atoms with van der Waals surface area (Å²) in [5.41, 5.74) is 2.88. The van der Waals surface area contributed by atoms with E-state index in [1.54, 1.807) is 13.2 Å². The molecule has 3 aromatic rings. The monoisotopic (exact) mass is 348 g/mol. The molecule has 0 aliphatic heterocycles. The molecular formula is C18H18Cl2N2O. The van der Waals surface area contributed by atoms with Crippen molar-refractivity contribution in [1.29, 1.82) is 0 Å². The molecule has 0 fully saturated rings. The van der Waals surface area contributed by atoms with Crippen molar-refractivity contribution in [2.45, 2.75) is 26.3 Å². The van der Waals surface area contributed by atoms with Crippen LogP contribution in [0.15, 0.2) is 36.4 Å². The lowest BCUT2D eigenvalue weighted by molar-refractivity contribution is 0.415. The molecule has 3 nitrogen and oxygen atoms in total. The van der Waals surface area contributed by atoms with E-state index >= 15 is 0 Å². The van der Waals surface area contributed by atoms with E-state index in [2.05, 4.69) is 11.5 Å². The van der Waals surface area contributed by atoms with Crippen LogP contribution in [0.4, 0.5) is 0 Å². The van der Waals surface area contributed by atoms with Gasteiger partial charge in [0.2, 0.25) is 0 Å². The van der Waals surface area contributed by atoms with Gasteiger partial charge in [-0.05, 0) is 36.8 Å². The van der Waals surface area contributed by atoms with Gasteiger partial charge in [-0.1, -0.05) is 36.5 Å². The van der Waals surface area contributed by atoms with Gasteiger partial charge in [-0.3, -0.25) is 0 Å². The van der Waals surface area contributed by atoms with Crippen molar-refractivity contribution >= 4 is 34.2 Å². The van der Waals surface area contributed by atoms with Gasteiger partial charge in [0.25, 0.3) is 0 Å². The number of benzene rings is 2. The van der Waals surface area contributed by atoms with Crippen molar-refractivity contribution < 1.29 is 4.74 Å². The number of hydrogen-bond donors (Lipinski definition) is 0. The van der Waals surface area contributed by atoms with Crippen LogP contribution in [0.3, 0.4) is 0 Å². The zero-order valence-corrected chi connectivity index (χ0v) is 14.7. The molecule has 0 unspecified atom stereocenters. The second-order valence-electron chi connectivity index (χ2n) is 5.42. The zero-order chi connectivity index (χ0) is 16.4. The standard InChI is InChI=1S/C18H18Cl2N2O/c1-3-4-9-22-17-8-6-13(23-2)11-16(17)21-18(22)14-7-5-12(19)10-15(14)20/h5-8,10-11H,3-4,9H2,1-2H3. The Labute approximate surface area is 145 Å². The largest absolute Gasteiger partial charge is 0.497 e. The van der Waals surface area contributed by atoms with Gasteiger partial charge in [0.05, 0.1) is 23.2 Å². The molecule has 0 radical (unpaired) electrons. The fraction of sp³-hybridized carbons (Fsp3) is 0.278. The van der Waals surface area contributed by atoms with Gasteiger partial charge in [-0.25, -0.2) is 4.98 Å². The van der Waals surface area contributed by atoms with E-state index < -0.39 is 0 Å². The van der Waals surface area contributed by atoms with Gasteiger partial charge >= 0.3 is 0 Å². The van der Waals surface area contributed by atoms with Crippen molar-refractivity contribution in [1.82, 2.24) is 9.55 Å². The van der Waals surface area contributed by atoms with Crippen molar-refractivity contribution in [2.75, 3.05) is 7.11 Å². The molecule has 0 amide bonds. The molecule has 0 spiro atoms. The molecule has 0 aliphatic carbocycles. The third kappa shape index (κ3) is 3.17. The van der Waals surface area contributed by atoms with Gasteiger partial charge in [-0.2, -0.15) is 0 Å². The maximum atomic E-state index is 6.39. The van der Waals surface area contributed by atoms with Gasteiger partial charge in [0.1, 0.15) is 11.6 Å². The number of aryl methyl sites for hydroxylation is 1. The molecule has 0 N–H and O–H groups in total. The molecule has 0 saturated heterocycles. The Bertz CT molecular complexity index is 842. The highest BCUT2D eigenvalue weighted by Crippen LogP contribution is 2.33. The van der Waals surface area contributed by atoms with E-state index in [9.17, 15) is 0 Å². The minimum Gasteiger partial charge on any atom is -0.497 e. The lowest BCUT2D eigenvalue weighted by Crippen LogP contribution is -2.01. The van der Waals surface area contributed by atoms with Gasteiger partial charge < -0.3 is 9.30 Å². The number of imidazole rings is 1. The van der Waals surface area contributed by atoms with Gasteiger partial charge in [-0.15, -0.1) is 0 Å². The Kier molecular flexibility index (Phi) is 4.79. The van der Waals surface area contributed by atoms with Crippen LogP contribution in [-0.2, 0) is 6.54 Å². The number of methoxy groups -OCH3 is 1. The summed E-state index contributed by atoms with van der Waals surface area (Å²) in [7, 11) is 1.66. The number of nitrogens with zero attached hydrogens (tertiary/aromatic N) is 2. The minimum absolute atomic E-state index is 0.609. The molecule has 3 rings (SSSR count). The Morgan fingerprint density at radius 2 is 1.96 bits per heavy atom. The number of fused-ring (bicyclic) bond motifs is 1. The average Bonchev–Trinajstić information content (AvgIpc) is 2.90. The Morgan fingerprint density at radius 1 is 1.13 bits per heavy atom. The summed E-state index contributed by atoms with van der Waals surface area (Å²) in [5.74, 6) is 1.66. The smallest absolute Gasteiger partial charge is 0.142 e. The minimum atomic E-state index is 0.609. The van der Waals surface area contributed by atoms with Crippen molar-refractivity contribution in [3.8, 4) is 17.1 Å². The van der Waals surface area contributed by atoms with E-state index in [0.29, 0.717) is 10.0 Å². The van der Waals surface area contributed by atoms with Gasteiger partial charge in [0, 0.05) is 23.2 Å². The number of unbranched alkanes of at least 4 members (excludes halogenated alkanes) is 1. The molecule has 0 atom stereocenters. The van der Waals surface area contributed by atoms with E-state index in [-0.39, 0.29) is 0 Å². The van der Waals surface area contributed by atoms with Crippen LogP contribution in [0, 0.1) is 0 Å². The summed E-state index contributed by atoms with van der Waals surface area (Å²) in [6.45, 7) is 3.07. The molecule has 0 saturated carbocycles. The van der Waals surface area contributed by atoms with Crippen LogP contribution < -0.4 is 4.74 Å². The number of hydrogen-bond acceptors (Lipinski definition) is 2. The van der Waals surface area contributed by atoms with Crippen LogP contribution in [0.5, 0.6) is 5.75 Å². The predicted octanol–water partition coefficient (Wildman–Crippen LogP) is 5.82. The highest BCUT2D eigenvalue weighted by molar-refractivity contribution is 6.36. The normalized spacial score (nSPS) is 11.1. The Balaban J connectivity index is 2.20. The number of ether oxygens (including phenoxy) is 1. The van der Waals surface area contributed by atoms with Crippen LogP contribution in [0.1, 0.15) is 19.8 Å². The van der Waals surface area contributed by atoms with Crippen LogP contribution >= 0.6 is 23.2 Å². The summed E-state index contributed by atoms with van der Waals surface area (Å²) in [6, 6.07) is 11.5. The predicted molar refractivity (Wildman–Crippen MR) is 96.6 cm³/mol. The van der Waals surface area contributed by atoms with E-state index in [1.165, 1.54) is 0 Å². The first kappa shape index (κ1) is 16.2. The molecule has 120 valence electrons. The number of rotatable bonds is 5. The third-order valence-corrected chi connectivity index (χ3v) is 4.41. The van der Waals surface area contributed by atoms with Crippen molar-refractivity contribution in [2.24, 2.45) is 0 Å². The summed E-state index contributed by atoms with van der Waals surface area (Å²) < 4.78 is 7.52. The van der Waals surface area contributed by atoms with Gasteiger partial charge in [0.15, 0.2) is 0 Å². The lowest BCUT2D eigenvalue weighted by atomic mass is 10.2. The summed E-state index contributed by atoms with van der Waals surface area (Å²) >= 11 is 12.4. The van der Waals surface area contributed by atoms with Crippen LogP contribution in [0.2, 0.25) is 10.0 Å². The molecule has 2 aromatic carbocycles. The third-order valence-electron chi connectivity index (χ3n) is 3.86. The first-order valence-electron chi connectivity index (χ1n) is 7.63. The van der Waals surface area contributed by atoms with Crippen LogP contribution in [-0.4, -0.2) is 16.7 Å². The molecule has 1 aromatic heterocycles. The number of aromatic nitrogens is 2. The Morgan fingerprint density at radius 3 is 2.65 bits per heavy atom. The summed E-state index contributed by atoms with van der Waals surface area (Å²) in [4.78, 5) is 4.79. The Hall–Kier alpha value is -1.71. The first-order chi connectivity index (χ1) is 11.1. The van der Waals surface area contributed by atoms with Crippen LogP contribution in [0.25, 0.3) is 22.4 Å². The van der Waals surface area contributed by atoms with E-state index in [4.69, 9.17) is 32.9 Å². The van der Waals surface area contributed by atoms with E-state index in [0.717, 1.165) is 47.6 Å². The molecule has 5 heteroatoms. The van der Waals surface area contributed by atoms with Crippen molar-refractivity contribution in [3.63, 3.8) is 0 Å². The number of halogens is 2. The average molecular weight is 349 g/mol. The molecule has 0 aliphatic rings. The summed E-state index contributed by atoms with van der Waals surface area (Å²) in [5, 5.41) is 1.23. The zero-order valence-electron chi connectivity index (χ0n) is 13.1. The van der Waals surface area contributed by atoms with E-state index in [1.807, 2.05) is 30.3 Å². The molecule has 1 heterocycles. The highest BCUT2D eigenvalue weighted by atomic mass is 35.5. The van der Waals surface area contributed by atoms with Crippen molar-refractivity contribution in [3.05, 3.63) is 46.4 Å². The summed E-state index contributed by atoms with van der Waals surface area (Å²) in [6.07, 6.45) is 2.19. The first-order valence-corrected chi connectivity index (χ1v) is 8.39. The SMILES string of the molecule is CCCCn1c(-c2ccc(Cl)cc2Cl)nc2cc(OC)ccc21. The fourth-order valence-corrected chi connectivity index (χ4v) is 3.15. The molecule has 23 heavy (non-hydrogen) atoms. The second kappa shape index (κ2) is 6.81. The quantitative estimate of drug-likeness (QED) is 0.580.